The fraction of sp³-hybridized carbons (Fsp3) is 0.526. The first-order chi connectivity index (χ1) is 11.9. The highest BCUT2D eigenvalue weighted by molar-refractivity contribution is 5.94. The lowest BCUT2D eigenvalue weighted by Gasteiger charge is -2.37. The maximum atomic E-state index is 12.7. The number of amides is 2. The van der Waals surface area contributed by atoms with Gasteiger partial charge in [0.1, 0.15) is 0 Å². The molecule has 134 valence electrons. The van der Waals surface area contributed by atoms with E-state index < -0.39 is 11.4 Å². The monoisotopic (exact) mass is 344 g/mol. The third kappa shape index (κ3) is 3.67. The van der Waals surface area contributed by atoms with Gasteiger partial charge < -0.3 is 14.9 Å². The molecule has 1 aromatic carbocycles. The van der Waals surface area contributed by atoms with Crippen molar-refractivity contribution in [3.05, 3.63) is 35.4 Å². The van der Waals surface area contributed by atoms with Crippen LogP contribution in [-0.2, 0) is 16.1 Å². The molecule has 2 amide bonds. The van der Waals surface area contributed by atoms with Gasteiger partial charge in [0, 0.05) is 38.2 Å². The fourth-order valence-corrected chi connectivity index (χ4v) is 3.61. The van der Waals surface area contributed by atoms with Crippen molar-refractivity contribution in [2.24, 2.45) is 5.41 Å². The summed E-state index contributed by atoms with van der Waals surface area (Å²) in [6.45, 7) is 3.90. The maximum absolute atomic E-state index is 12.7. The second-order valence-electron chi connectivity index (χ2n) is 7.31. The van der Waals surface area contributed by atoms with Gasteiger partial charge in [-0.1, -0.05) is 12.1 Å². The van der Waals surface area contributed by atoms with Crippen molar-refractivity contribution < 1.29 is 19.5 Å². The number of piperidine rings is 1. The average Bonchev–Trinajstić information content (AvgIpc) is 3.00. The van der Waals surface area contributed by atoms with Crippen LogP contribution in [0.15, 0.2) is 24.3 Å². The van der Waals surface area contributed by atoms with Gasteiger partial charge in [-0.3, -0.25) is 14.4 Å². The van der Waals surface area contributed by atoms with Crippen molar-refractivity contribution in [1.82, 2.24) is 9.80 Å². The lowest BCUT2D eigenvalue weighted by molar-refractivity contribution is -0.150. The Morgan fingerprint density at radius 3 is 2.48 bits per heavy atom. The summed E-state index contributed by atoms with van der Waals surface area (Å²) < 4.78 is 0. The molecule has 6 nitrogen and oxygen atoms in total. The zero-order valence-corrected chi connectivity index (χ0v) is 14.5. The van der Waals surface area contributed by atoms with Crippen LogP contribution < -0.4 is 0 Å². The number of likely N-dealkylation sites (tertiary alicyclic amines) is 2. The average molecular weight is 344 g/mol. The fourth-order valence-electron chi connectivity index (χ4n) is 3.61. The van der Waals surface area contributed by atoms with Gasteiger partial charge in [0.2, 0.25) is 5.91 Å². The smallest absolute Gasteiger partial charge is 0.311 e. The Morgan fingerprint density at radius 2 is 1.88 bits per heavy atom. The topological polar surface area (TPSA) is 77.9 Å². The van der Waals surface area contributed by atoms with Crippen LogP contribution in [0.3, 0.4) is 0 Å². The number of hydrogen-bond donors (Lipinski definition) is 1. The highest BCUT2D eigenvalue weighted by Gasteiger charge is 2.39. The largest absolute Gasteiger partial charge is 0.481 e. The molecule has 2 aliphatic heterocycles. The molecule has 2 heterocycles. The summed E-state index contributed by atoms with van der Waals surface area (Å²) in [5, 5.41) is 9.39. The third-order valence-corrected chi connectivity index (χ3v) is 5.25. The first kappa shape index (κ1) is 17.5. The van der Waals surface area contributed by atoms with Crippen LogP contribution in [0.25, 0.3) is 0 Å². The van der Waals surface area contributed by atoms with E-state index in [1.54, 1.807) is 24.0 Å². The van der Waals surface area contributed by atoms with E-state index in [9.17, 15) is 19.5 Å². The van der Waals surface area contributed by atoms with Gasteiger partial charge in [-0.2, -0.15) is 0 Å². The van der Waals surface area contributed by atoms with Crippen molar-refractivity contribution in [3.8, 4) is 0 Å². The quantitative estimate of drug-likeness (QED) is 0.908. The summed E-state index contributed by atoms with van der Waals surface area (Å²) in [5.41, 5.74) is 0.691. The number of rotatable bonds is 4. The highest BCUT2D eigenvalue weighted by Crippen LogP contribution is 2.30. The first-order valence-electron chi connectivity index (χ1n) is 8.78. The highest BCUT2D eigenvalue weighted by atomic mass is 16.4. The molecule has 0 radical (unpaired) electrons. The number of carboxylic acid groups (broad SMARTS) is 1. The summed E-state index contributed by atoms with van der Waals surface area (Å²) in [6.07, 6.45) is 2.82. The van der Waals surface area contributed by atoms with E-state index in [0.717, 1.165) is 18.5 Å². The Balaban J connectivity index is 1.66. The van der Waals surface area contributed by atoms with Gasteiger partial charge in [-0.15, -0.1) is 0 Å². The lowest BCUT2D eigenvalue weighted by atomic mass is 9.82. The van der Waals surface area contributed by atoms with E-state index in [1.807, 2.05) is 17.0 Å². The normalized spacial score (nSPS) is 23.8. The summed E-state index contributed by atoms with van der Waals surface area (Å²) in [7, 11) is 0. The molecule has 1 unspecified atom stereocenters. The predicted octanol–water partition coefficient (Wildman–Crippen LogP) is 2.14. The van der Waals surface area contributed by atoms with Crippen LogP contribution in [0.5, 0.6) is 0 Å². The molecule has 1 aromatic rings. The number of carbonyl (C=O) groups is 3. The third-order valence-electron chi connectivity index (χ3n) is 5.25. The minimum atomic E-state index is -0.871. The molecule has 1 atom stereocenters. The van der Waals surface area contributed by atoms with E-state index in [-0.39, 0.29) is 18.4 Å². The minimum absolute atomic E-state index is 0.129. The molecule has 6 heteroatoms. The Kier molecular flexibility index (Phi) is 4.79. The van der Waals surface area contributed by atoms with E-state index >= 15 is 0 Å². The van der Waals surface area contributed by atoms with Gasteiger partial charge in [-0.25, -0.2) is 0 Å². The zero-order chi connectivity index (χ0) is 18.0. The van der Waals surface area contributed by atoms with Crippen LogP contribution in [0.2, 0.25) is 0 Å². The van der Waals surface area contributed by atoms with E-state index in [0.29, 0.717) is 37.9 Å². The van der Waals surface area contributed by atoms with Gasteiger partial charge in [0.15, 0.2) is 0 Å². The number of hydrogen-bond acceptors (Lipinski definition) is 3. The van der Waals surface area contributed by atoms with Gasteiger partial charge in [0.05, 0.1) is 5.41 Å². The second-order valence-corrected chi connectivity index (χ2v) is 7.31. The molecule has 0 aromatic heterocycles. The van der Waals surface area contributed by atoms with Crippen LogP contribution in [0.1, 0.15) is 48.5 Å². The maximum Gasteiger partial charge on any atom is 0.311 e. The molecule has 0 aliphatic carbocycles. The van der Waals surface area contributed by atoms with E-state index in [2.05, 4.69) is 0 Å². The molecule has 2 saturated heterocycles. The van der Waals surface area contributed by atoms with Crippen molar-refractivity contribution in [3.63, 3.8) is 0 Å². The first-order valence-corrected chi connectivity index (χ1v) is 8.78. The van der Waals surface area contributed by atoms with Crippen molar-refractivity contribution in [1.29, 1.82) is 0 Å². The number of carbonyl (C=O) groups excluding carboxylic acids is 2. The van der Waals surface area contributed by atoms with Gasteiger partial charge in [0.25, 0.3) is 5.91 Å². The molecule has 0 bridgehead atoms. The molecule has 0 spiro atoms. The Hall–Kier alpha value is -2.37. The van der Waals surface area contributed by atoms with Crippen molar-refractivity contribution >= 4 is 17.8 Å². The number of aliphatic carboxylic acids is 1. The Morgan fingerprint density at radius 1 is 1.16 bits per heavy atom. The Bertz CT molecular complexity index is 685. The molecular formula is C19H24N2O4. The summed E-state index contributed by atoms with van der Waals surface area (Å²) in [4.78, 5) is 39.3. The van der Waals surface area contributed by atoms with Crippen LogP contribution in [-0.4, -0.2) is 52.3 Å². The van der Waals surface area contributed by atoms with Gasteiger partial charge in [-0.05, 0) is 43.9 Å². The van der Waals surface area contributed by atoms with E-state index in [4.69, 9.17) is 0 Å². The predicted molar refractivity (Wildman–Crippen MR) is 92.0 cm³/mol. The number of carboxylic acids is 1. The molecule has 1 N–H and O–H groups in total. The van der Waals surface area contributed by atoms with Crippen LogP contribution in [0, 0.1) is 5.41 Å². The Labute approximate surface area is 147 Å². The van der Waals surface area contributed by atoms with Crippen molar-refractivity contribution in [2.75, 3.05) is 19.6 Å². The second kappa shape index (κ2) is 6.86. The van der Waals surface area contributed by atoms with Gasteiger partial charge >= 0.3 is 5.97 Å². The van der Waals surface area contributed by atoms with Crippen LogP contribution >= 0.6 is 0 Å². The lowest BCUT2D eigenvalue weighted by Crippen LogP contribution is -2.48. The molecule has 2 aliphatic rings. The zero-order valence-electron chi connectivity index (χ0n) is 14.5. The molecule has 0 saturated carbocycles. The van der Waals surface area contributed by atoms with Crippen molar-refractivity contribution in [2.45, 2.75) is 39.2 Å². The van der Waals surface area contributed by atoms with Crippen LogP contribution in [0.4, 0.5) is 0 Å². The molecular weight excluding hydrogens is 320 g/mol. The molecule has 2 fully saturated rings. The summed E-state index contributed by atoms with van der Waals surface area (Å²) in [5.74, 6) is -0.798. The SMILES string of the molecule is CC1(C(=O)O)CCCN(C(=O)c2ccc(CN3CCCC3=O)cc2)C1. The van der Waals surface area contributed by atoms with E-state index in [1.165, 1.54) is 0 Å². The molecule has 25 heavy (non-hydrogen) atoms. The summed E-state index contributed by atoms with van der Waals surface area (Å²) in [6, 6.07) is 7.29. The molecule has 3 rings (SSSR count). The standard InChI is InChI=1S/C19H24N2O4/c1-19(18(24)25)9-3-11-21(13-19)17(23)15-7-5-14(6-8-15)12-20-10-2-4-16(20)22/h5-8H,2-4,9-13H2,1H3,(H,24,25). The minimum Gasteiger partial charge on any atom is -0.481 e. The summed E-state index contributed by atoms with van der Waals surface area (Å²) >= 11 is 0. The number of nitrogens with zero attached hydrogens (tertiary/aromatic N) is 2. The number of benzene rings is 1.